The van der Waals surface area contributed by atoms with E-state index in [1.165, 1.54) is 11.3 Å². The normalized spacial score (nSPS) is 10.8. The van der Waals surface area contributed by atoms with Crippen LogP contribution in [0.3, 0.4) is 0 Å². The molecular formula is C11H9N5S. The summed E-state index contributed by atoms with van der Waals surface area (Å²) in [7, 11) is 0. The third-order valence-electron chi connectivity index (χ3n) is 2.35. The smallest absolute Gasteiger partial charge is 0.181 e. The van der Waals surface area contributed by atoms with Gasteiger partial charge in [0.1, 0.15) is 5.82 Å². The molecule has 0 aliphatic carbocycles. The van der Waals surface area contributed by atoms with Gasteiger partial charge in [0.25, 0.3) is 0 Å². The SMILES string of the molecule is Nc1ccnc(-c2cccc3nc(N)sc23)n1. The van der Waals surface area contributed by atoms with Crippen LogP contribution >= 0.6 is 11.3 Å². The Morgan fingerprint density at radius 3 is 2.76 bits per heavy atom. The van der Waals surface area contributed by atoms with Crippen LogP contribution in [0.2, 0.25) is 0 Å². The molecule has 0 radical (unpaired) electrons. The number of fused-ring (bicyclic) bond motifs is 1. The Morgan fingerprint density at radius 1 is 1.06 bits per heavy atom. The third kappa shape index (κ3) is 1.68. The third-order valence-corrected chi connectivity index (χ3v) is 3.28. The van der Waals surface area contributed by atoms with Gasteiger partial charge in [-0.1, -0.05) is 17.4 Å². The van der Waals surface area contributed by atoms with E-state index in [1.807, 2.05) is 18.2 Å². The fourth-order valence-electron chi connectivity index (χ4n) is 1.64. The molecule has 17 heavy (non-hydrogen) atoms. The Balaban J connectivity index is 2.30. The molecule has 0 fully saturated rings. The van der Waals surface area contributed by atoms with Gasteiger partial charge in [0.15, 0.2) is 11.0 Å². The fourth-order valence-corrected chi connectivity index (χ4v) is 2.49. The van der Waals surface area contributed by atoms with E-state index >= 15 is 0 Å². The van der Waals surface area contributed by atoms with Crippen molar-refractivity contribution >= 4 is 32.5 Å². The van der Waals surface area contributed by atoms with Crippen molar-refractivity contribution in [3.63, 3.8) is 0 Å². The van der Waals surface area contributed by atoms with E-state index in [-0.39, 0.29) is 0 Å². The zero-order chi connectivity index (χ0) is 11.8. The van der Waals surface area contributed by atoms with Crippen molar-refractivity contribution in [1.29, 1.82) is 0 Å². The number of benzene rings is 1. The van der Waals surface area contributed by atoms with Gasteiger partial charge >= 0.3 is 0 Å². The lowest BCUT2D eigenvalue weighted by Crippen LogP contribution is -1.94. The minimum Gasteiger partial charge on any atom is -0.384 e. The van der Waals surface area contributed by atoms with Gasteiger partial charge in [-0.05, 0) is 18.2 Å². The molecule has 5 nitrogen and oxygen atoms in total. The maximum Gasteiger partial charge on any atom is 0.181 e. The molecule has 0 spiro atoms. The van der Waals surface area contributed by atoms with Crippen molar-refractivity contribution < 1.29 is 0 Å². The largest absolute Gasteiger partial charge is 0.384 e. The molecule has 4 N–H and O–H groups in total. The molecule has 84 valence electrons. The standard InChI is InChI=1S/C11H9N5S/c12-8-4-5-14-10(16-8)6-2-1-3-7-9(6)17-11(13)15-7/h1-5H,(H2,13,15)(H2,12,14,16). The van der Waals surface area contributed by atoms with Crippen molar-refractivity contribution in [2.24, 2.45) is 0 Å². The van der Waals surface area contributed by atoms with Crippen LogP contribution in [0.25, 0.3) is 21.6 Å². The van der Waals surface area contributed by atoms with E-state index < -0.39 is 0 Å². The van der Waals surface area contributed by atoms with E-state index in [0.29, 0.717) is 16.8 Å². The van der Waals surface area contributed by atoms with Gasteiger partial charge in [0.05, 0.1) is 10.2 Å². The molecule has 0 bridgehead atoms. The zero-order valence-corrected chi connectivity index (χ0v) is 9.61. The van der Waals surface area contributed by atoms with Gasteiger partial charge in [-0.25, -0.2) is 15.0 Å². The summed E-state index contributed by atoms with van der Waals surface area (Å²) in [5.41, 5.74) is 13.1. The van der Waals surface area contributed by atoms with Crippen molar-refractivity contribution in [2.45, 2.75) is 0 Å². The highest BCUT2D eigenvalue weighted by atomic mass is 32.1. The first-order valence-corrected chi connectivity index (χ1v) is 5.79. The average molecular weight is 243 g/mol. The number of aromatic nitrogens is 3. The monoisotopic (exact) mass is 243 g/mol. The lowest BCUT2D eigenvalue weighted by atomic mass is 10.2. The number of nitrogens with two attached hydrogens (primary N) is 2. The van der Waals surface area contributed by atoms with E-state index in [0.717, 1.165) is 15.8 Å². The summed E-state index contributed by atoms with van der Waals surface area (Å²) in [5.74, 6) is 1.05. The summed E-state index contributed by atoms with van der Waals surface area (Å²) < 4.78 is 0.982. The van der Waals surface area contributed by atoms with Crippen molar-refractivity contribution in [3.05, 3.63) is 30.5 Å². The zero-order valence-electron chi connectivity index (χ0n) is 8.79. The first-order chi connectivity index (χ1) is 8.24. The summed E-state index contributed by atoms with van der Waals surface area (Å²) in [6.07, 6.45) is 1.64. The lowest BCUT2D eigenvalue weighted by Gasteiger charge is -2.01. The summed E-state index contributed by atoms with van der Waals surface area (Å²) in [4.78, 5) is 12.7. The van der Waals surface area contributed by atoms with Crippen molar-refractivity contribution in [1.82, 2.24) is 15.0 Å². The van der Waals surface area contributed by atoms with Crippen molar-refractivity contribution in [3.8, 4) is 11.4 Å². The molecule has 0 saturated carbocycles. The Labute approximate surface area is 101 Å². The summed E-state index contributed by atoms with van der Waals surface area (Å²) in [6.45, 7) is 0. The first kappa shape index (κ1) is 9.98. The molecule has 2 heterocycles. The minimum absolute atomic E-state index is 0.449. The number of hydrogen-bond acceptors (Lipinski definition) is 6. The molecule has 0 aliphatic rings. The predicted molar refractivity (Wildman–Crippen MR) is 69.5 cm³/mol. The van der Waals surface area contributed by atoms with Crippen LogP contribution in [-0.4, -0.2) is 15.0 Å². The highest BCUT2D eigenvalue weighted by Gasteiger charge is 2.10. The minimum atomic E-state index is 0.449. The Bertz CT molecular complexity index is 691. The van der Waals surface area contributed by atoms with Crippen LogP contribution in [0.15, 0.2) is 30.5 Å². The van der Waals surface area contributed by atoms with E-state index in [1.54, 1.807) is 12.3 Å². The molecular weight excluding hydrogens is 234 g/mol. The predicted octanol–water partition coefficient (Wildman–Crippen LogP) is 1.92. The second kappa shape index (κ2) is 3.67. The van der Waals surface area contributed by atoms with Gasteiger partial charge in [-0.2, -0.15) is 0 Å². The number of nitrogens with zero attached hydrogens (tertiary/aromatic N) is 3. The Morgan fingerprint density at radius 2 is 1.94 bits per heavy atom. The second-order valence-electron chi connectivity index (χ2n) is 3.51. The van der Waals surface area contributed by atoms with E-state index in [4.69, 9.17) is 11.5 Å². The molecule has 3 rings (SSSR count). The quantitative estimate of drug-likeness (QED) is 0.681. The van der Waals surface area contributed by atoms with E-state index in [9.17, 15) is 0 Å². The fraction of sp³-hybridized carbons (Fsp3) is 0. The highest BCUT2D eigenvalue weighted by Crippen LogP contribution is 2.32. The van der Waals surface area contributed by atoms with Gasteiger partial charge in [0, 0.05) is 11.8 Å². The second-order valence-corrected chi connectivity index (χ2v) is 4.54. The van der Waals surface area contributed by atoms with Gasteiger partial charge in [-0.3, -0.25) is 0 Å². The van der Waals surface area contributed by atoms with Gasteiger partial charge < -0.3 is 11.5 Å². The molecule has 0 atom stereocenters. The number of nitrogen functional groups attached to an aromatic ring is 2. The Kier molecular flexibility index (Phi) is 2.15. The van der Waals surface area contributed by atoms with Crippen LogP contribution < -0.4 is 11.5 Å². The molecule has 0 amide bonds. The van der Waals surface area contributed by atoms with Crippen LogP contribution in [-0.2, 0) is 0 Å². The molecule has 0 saturated heterocycles. The van der Waals surface area contributed by atoms with Crippen LogP contribution in [0.1, 0.15) is 0 Å². The summed E-state index contributed by atoms with van der Waals surface area (Å²) >= 11 is 1.43. The maximum atomic E-state index is 5.71. The van der Waals surface area contributed by atoms with Crippen LogP contribution in [0, 0.1) is 0 Å². The first-order valence-electron chi connectivity index (χ1n) is 4.98. The topological polar surface area (TPSA) is 90.7 Å². The number of anilines is 2. The molecule has 2 aromatic heterocycles. The number of rotatable bonds is 1. The molecule has 0 aliphatic heterocycles. The lowest BCUT2D eigenvalue weighted by molar-refractivity contribution is 1.19. The van der Waals surface area contributed by atoms with Gasteiger partial charge in [0.2, 0.25) is 0 Å². The molecule has 6 heteroatoms. The molecule has 0 unspecified atom stereocenters. The highest BCUT2D eigenvalue weighted by molar-refractivity contribution is 7.22. The number of thiazole rings is 1. The Hall–Kier alpha value is -2.21. The summed E-state index contributed by atoms with van der Waals surface area (Å²) in [5, 5.41) is 0.538. The molecule has 3 aromatic rings. The molecule has 1 aromatic carbocycles. The average Bonchev–Trinajstić information content (AvgIpc) is 2.68. The number of hydrogen-bond donors (Lipinski definition) is 2. The summed E-state index contributed by atoms with van der Waals surface area (Å²) in [6, 6.07) is 7.42. The van der Waals surface area contributed by atoms with Crippen LogP contribution in [0.5, 0.6) is 0 Å². The van der Waals surface area contributed by atoms with E-state index in [2.05, 4.69) is 15.0 Å². The maximum absolute atomic E-state index is 5.71. The van der Waals surface area contributed by atoms with Gasteiger partial charge in [-0.15, -0.1) is 0 Å². The van der Waals surface area contributed by atoms with Crippen molar-refractivity contribution in [2.75, 3.05) is 11.5 Å². The van der Waals surface area contributed by atoms with Crippen LogP contribution in [0.4, 0.5) is 10.9 Å².